The highest BCUT2D eigenvalue weighted by atomic mass is 32.1. The van der Waals surface area contributed by atoms with Crippen LogP contribution >= 0.6 is 11.3 Å². The Bertz CT molecular complexity index is 9770. The van der Waals surface area contributed by atoms with Crippen molar-refractivity contribution in [2.75, 3.05) is 0 Å². The van der Waals surface area contributed by atoms with Gasteiger partial charge in [-0.25, -0.2) is 19.9 Å². The molecule has 0 saturated carbocycles. The van der Waals surface area contributed by atoms with Crippen molar-refractivity contribution in [3.05, 3.63) is 437 Å². The van der Waals surface area contributed by atoms with E-state index in [4.69, 9.17) is 24.4 Å². The molecule has 0 aliphatic rings. The number of aromatic nitrogens is 8. The van der Waals surface area contributed by atoms with Crippen LogP contribution in [0.3, 0.4) is 0 Å². The molecule has 0 atom stereocenters. The second kappa shape index (κ2) is 28.9. The highest BCUT2D eigenvalue weighted by molar-refractivity contribution is 7.26. The summed E-state index contributed by atoms with van der Waals surface area (Å²) >= 11 is 1.83. The van der Waals surface area contributed by atoms with E-state index in [-0.39, 0.29) is 0 Å². The lowest BCUT2D eigenvalue weighted by Gasteiger charge is -2.17. The molecular weight excluding hydrogens is 1650 g/mol. The fourth-order valence-electron chi connectivity index (χ4n) is 22.4. The largest absolute Gasteiger partial charge is 0.456 e. The number of rotatable bonds is 8. The summed E-state index contributed by atoms with van der Waals surface area (Å²) in [6.45, 7) is 0. The van der Waals surface area contributed by atoms with Gasteiger partial charge in [-0.2, -0.15) is 0 Å². The number of furan rings is 1. The first-order valence-corrected chi connectivity index (χ1v) is 46.5. The molecule has 10 heteroatoms. The molecule has 620 valence electrons. The molecule has 0 spiro atoms. The molecule has 0 amide bonds. The first-order valence-electron chi connectivity index (χ1n) is 45.6. The number of benzene rings is 22. The predicted octanol–water partition coefficient (Wildman–Crippen LogP) is 33.5. The molecule has 0 aliphatic carbocycles. The number of hydrogen-bond acceptors (Lipinski definition) is 6. The molecule has 8 heterocycles. The highest BCUT2D eigenvalue weighted by Crippen LogP contribution is 2.50. The van der Waals surface area contributed by atoms with E-state index in [9.17, 15) is 0 Å². The van der Waals surface area contributed by atoms with Crippen LogP contribution in [0.4, 0.5) is 0 Å². The van der Waals surface area contributed by atoms with Crippen molar-refractivity contribution in [1.82, 2.24) is 38.2 Å². The zero-order chi connectivity index (χ0) is 87.5. The molecule has 0 aliphatic heterocycles. The third-order valence-corrected chi connectivity index (χ3v) is 29.3. The summed E-state index contributed by atoms with van der Waals surface area (Å²) in [6.07, 6.45) is 0. The standard InChI is InChI=1S/C62H36N4O.C62H36N4S/c2*1-2-17-39-37(15-1)33-34-45-42-18-3-9-28-54(42)66(62(39)45)55-29-11-16-38-35-49-43-19-4-8-27-52(43)65(56(49)36-48(38)55)53-30-13-21-40-41(53)22-12-23-44(40)60-61(64-51-26-7-6-25-50(51)63-60)47-24-14-32-58-59(47)46-20-5-10-31-57(46)67-58/h2*1-36H. The van der Waals surface area contributed by atoms with Gasteiger partial charge in [-0.15, -0.1) is 11.3 Å². The Morgan fingerprint density at radius 2 is 0.507 bits per heavy atom. The van der Waals surface area contributed by atoms with Gasteiger partial charge < -0.3 is 22.7 Å². The monoisotopic (exact) mass is 1720 g/mol. The molecule has 0 unspecified atom stereocenters. The SMILES string of the molecule is c1cc(-n2c3ccccc3c3ccc4ccccc4c32)c2cc3c(cc2c1)c1ccccc1n3-c1cccc2c(-c3nc4ccccc4nc3-c3cccc4oc5ccccc5c34)cccc12.c1cc(-n2c3ccccc3c3ccc4ccccc4c32)c2cc3c(cc2c1)c1ccccc1n3-c1cccc2c(-c3nc4ccccc4nc3-c3cccc4sc5ccccc5c34)cccc12. The van der Waals surface area contributed by atoms with Crippen LogP contribution in [-0.2, 0) is 0 Å². The number of para-hydroxylation sites is 9. The summed E-state index contributed by atoms with van der Waals surface area (Å²) in [5, 5.41) is 28.7. The Kier molecular flexibility index (Phi) is 16.0. The number of fused-ring (bicyclic) bond motifs is 28. The minimum Gasteiger partial charge on any atom is -0.456 e. The van der Waals surface area contributed by atoms with Crippen LogP contribution in [0.2, 0.25) is 0 Å². The van der Waals surface area contributed by atoms with Crippen LogP contribution < -0.4 is 0 Å². The van der Waals surface area contributed by atoms with Crippen molar-refractivity contribution >= 4 is 227 Å². The van der Waals surface area contributed by atoms with E-state index in [1.54, 1.807) is 0 Å². The van der Waals surface area contributed by atoms with Gasteiger partial charge in [-0.05, 0) is 154 Å². The van der Waals surface area contributed by atoms with Gasteiger partial charge in [-0.1, -0.05) is 315 Å². The number of hydrogen-bond donors (Lipinski definition) is 0. The molecule has 134 heavy (non-hydrogen) atoms. The molecule has 8 aromatic heterocycles. The molecule has 30 aromatic rings. The molecule has 0 saturated heterocycles. The van der Waals surface area contributed by atoms with Gasteiger partial charge in [-0.3, -0.25) is 0 Å². The first kappa shape index (κ1) is 74.3. The molecule has 0 bridgehead atoms. The molecule has 0 fully saturated rings. The van der Waals surface area contributed by atoms with E-state index in [0.29, 0.717) is 0 Å². The van der Waals surface area contributed by atoms with Crippen LogP contribution in [0.25, 0.3) is 284 Å². The average molecular weight is 1720 g/mol. The lowest BCUT2D eigenvalue weighted by atomic mass is 9.95. The lowest BCUT2D eigenvalue weighted by Crippen LogP contribution is -1.99. The van der Waals surface area contributed by atoms with Gasteiger partial charge in [0.1, 0.15) is 11.2 Å². The van der Waals surface area contributed by atoms with Crippen LogP contribution in [0.1, 0.15) is 0 Å². The highest BCUT2D eigenvalue weighted by Gasteiger charge is 2.28. The van der Waals surface area contributed by atoms with E-state index in [1.165, 1.54) is 128 Å². The molecular formula is C124H72N8OS. The van der Waals surface area contributed by atoms with E-state index >= 15 is 0 Å². The van der Waals surface area contributed by atoms with Crippen molar-refractivity contribution in [2.45, 2.75) is 0 Å². The number of nitrogens with zero attached hydrogens (tertiary/aromatic N) is 8. The Morgan fingerprint density at radius 3 is 1.01 bits per heavy atom. The van der Waals surface area contributed by atoms with Crippen molar-refractivity contribution in [3.63, 3.8) is 0 Å². The zero-order valence-electron chi connectivity index (χ0n) is 72.0. The van der Waals surface area contributed by atoms with Gasteiger partial charge in [0.2, 0.25) is 0 Å². The van der Waals surface area contributed by atoms with Crippen LogP contribution in [0, 0.1) is 0 Å². The van der Waals surface area contributed by atoms with Crippen molar-refractivity contribution in [2.24, 2.45) is 0 Å². The maximum atomic E-state index is 6.40. The van der Waals surface area contributed by atoms with Crippen LogP contribution in [-0.4, -0.2) is 38.2 Å². The summed E-state index contributed by atoms with van der Waals surface area (Å²) in [5.74, 6) is 0. The molecule has 0 N–H and O–H groups in total. The molecule has 0 radical (unpaired) electrons. The fraction of sp³-hybridized carbons (Fsp3) is 0. The first-order chi connectivity index (χ1) is 66.5. The second-order valence-corrected chi connectivity index (χ2v) is 36.3. The second-order valence-electron chi connectivity index (χ2n) is 35.2. The summed E-state index contributed by atoms with van der Waals surface area (Å²) in [6, 6.07) is 158. The maximum absolute atomic E-state index is 6.40. The minimum atomic E-state index is 0.822. The van der Waals surface area contributed by atoms with Crippen molar-refractivity contribution in [1.29, 1.82) is 0 Å². The smallest absolute Gasteiger partial charge is 0.136 e. The Labute approximate surface area is 769 Å². The predicted molar refractivity (Wildman–Crippen MR) is 563 cm³/mol. The third kappa shape index (κ3) is 10.9. The summed E-state index contributed by atoms with van der Waals surface area (Å²) in [5.41, 5.74) is 26.7. The third-order valence-electron chi connectivity index (χ3n) is 28.1. The summed E-state index contributed by atoms with van der Waals surface area (Å²) < 4.78 is 18.9. The Hall–Kier alpha value is -17.7. The Morgan fingerprint density at radius 1 is 0.179 bits per heavy atom. The van der Waals surface area contributed by atoms with Crippen LogP contribution in [0.15, 0.2) is 441 Å². The normalized spacial score (nSPS) is 12.2. The quantitative estimate of drug-likeness (QED) is 0.151. The minimum absolute atomic E-state index is 0.822. The van der Waals surface area contributed by atoms with E-state index in [0.717, 1.165) is 155 Å². The Balaban J connectivity index is 0.000000131. The van der Waals surface area contributed by atoms with Crippen LogP contribution in [0.5, 0.6) is 0 Å². The van der Waals surface area contributed by atoms with Crippen molar-refractivity contribution in [3.8, 4) is 67.8 Å². The van der Waals surface area contributed by atoms with Gasteiger partial charge >= 0.3 is 0 Å². The van der Waals surface area contributed by atoms with Gasteiger partial charge in [0.15, 0.2) is 0 Å². The van der Waals surface area contributed by atoms with E-state index in [2.05, 4.69) is 413 Å². The average Bonchev–Trinajstić information content (AvgIpc) is 1.53. The van der Waals surface area contributed by atoms with Gasteiger partial charge in [0, 0.05) is 129 Å². The van der Waals surface area contributed by atoms with Gasteiger partial charge in [0.05, 0.1) is 112 Å². The number of thiophene rings is 1. The summed E-state index contributed by atoms with van der Waals surface area (Å²) in [4.78, 5) is 21.8. The molecule has 30 rings (SSSR count). The van der Waals surface area contributed by atoms with Gasteiger partial charge in [0.25, 0.3) is 0 Å². The maximum Gasteiger partial charge on any atom is 0.136 e. The van der Waals surface area contributed by atoms with Crippen molar-refractivity contribution < 1.29 is 4.42 Å². The molecule has 9 nitrogen and oxygen atoms in total. The zero-order valence-corrected chi connectivity index (χ0v) is 72.8. The van der Waals surface area contributed by atoms with E-state index < -0.39 is 0 Å². The topological polar surface area (TPSA) is 84.4 Å². The lowest BCUT2D eigenvalue weighted by molar-refractivity contribution is 0.669. The molecule has 22 aromatic carbocycles. The van der Waals surface area contributed by atoms with E-state index in [1.807, 2.05) is 53.8 Å². The summed E-state index contributed by atoms with van der Waals surface area (Å²) in [7, 11) is 0. The fourth-order valence-corrected chi connectivity index (χ4v) is 23.5.